The maximum atomic E-state index is 12.2. The lowest BCUT2D eigenvalue weighted by Gasteiger charge is -2.09. The number of amides is 1. The van der Waals surface area contributed by atoms with Crippen LogP contribution >= 0.6 is 0 Å². The van der Waals surface area contributed by atoms with E-state index >= 15 is 0 Å². The fraction of sp³-hybridized carbons (Fsp3) is 0.278. The van der Waals surface area contributed by atoms with Crippen LogP contribution < -0.4 is 14.8 Å². The van der Waals surface area contributed by atoms with E-state index in [1.165, 1.54) is 19.2 Å². The van der Waals surface area contributed by atoms with Crippen molar-refractivity contribution in [3.8, 4) is 5.75 Å². The zero-order valence-corrected chi connectivity index (χ0v) is 15.5. The molecule has 26 heavy (non-hydrogen) atoms. The highest BCUT2D eigenvalue weighted by Crippen LogP contribution is 2.15. The number of carbonyl (C=O) groups is 1. The van der Waals surface area contributed by atoms with Crippen molar-refractivity contribution in [2.24, 2.45) is 0 Å². The zero-order valence-electron chi connectivity index (χ0n) is 14.7. The highest BCUT2D eigenvalue weighted by Gasteiger charge is 2.13. The average molecular weight is 378 g/mol. The molecule has 2 N–H and O–H groups in total. The molecule has 7 nitrogen and oxygen atoms in total. The number of methoxy groups -OCH3 is 2. The summed E-state index contributed by atoms with van der Waals surface area (Å²) in [5.41, 5.74) is 1.39. The summed E-state index contributed by atoms with van der Waals surface area (Å²) in [7, 11) is -0.541. The molecule has 2 aromatic rings. The maximum Gasteiger partial charge on any atom is 0.251 e. The lowest BCUT2D eigenvalue weighted by Crippen LogP contribution is -2.34. The molecule has 0 saturated carbocycles. The Morgan fingerprint density at radius 2 is 1.77 bits per heavy atom. The summed E-state index contributed by atoms with van der Waals surface area (Å²) < 4.78 is 36.9. The Morgan fingerprint density at radius 3 is 2.42 bits per heavy atom. The van der Waals surface area contributed by atoms with E-state index in [0.29, 0.717) is 17.9 Å². The highest BCUT2D eigenvalue weighted by molar-refractivity contribution is 7.89. The molecule has 2 rings (SSSR count). The van der Waals surface area contributed by atoms with Crippen molar-refractivity contribution in [3.63, 3.8) is 0 Å². The van der Waals surface area contributed by atoms with E-state index in [-0.39, 0.29) is 23.9 Å². The van der Waals surface area contributed by atoms with Crippen LogP contribution in [0.2, 0.25) is 0 Å². The van der Waals surface area contributed by atoms with E-state index in [0.717, 1.165) is 5.56 Å². The molecule has 0 aliphatic rings. The van der Waals surface area contributed by atoms with Gasteiger partial charge in [-0.3, -0.25) is 4.79 Å². The summed E-state index contributed by atoms with van der Waals surface area (Å²) in [4.78, 5) is 12.3. The first kappa shape index (κ1) is 19.9. The molecule has 0 aliphatic heterocycles. The second-order valence-electron chi connectivity index (χ2n) is 5.46. The van der Waals surface area contributed by atoms with Gasteiger partial charge in [-0.25, -0.2) is 13.1 Å². The molecule has 0 spiro atoms. The Bertz CT molecular complexity index is 835. The first-order chi connectivity index (χ1) is 12.5. The molecule has 0 heterocycles. The molecule has 140 valence electrons. The number of rotatable bonds is 9. The Balaban J connectivity index is 1.85. The van der Waals surface area contributed by atoms with Gasteiger partial charge in [0.25, 0.3) is 5.91 Å². The van der Waals surface area contributed by atoms with Crippen LogP contribution in [0.4, 0.5) is 0 Å². The summed E-state index contributed by atoms with van der Waals surface area (Å²) in [6.07, 6.45) is 0. The topological polar surface area (TPSA) is 93.7 Å². The molecule has 8 heteroatoms. The van der Waals surface area contributed by atoms with E-state index in [1.807, 2.05) is 6.07 Å². The van der Waals surface area contributed by atoms with Gasteiger partial charge in [0.1, 0.15) is 5.75 Å². The molecule has 0 fully saturated rings. The van der Waals surface area contributed by atoms with Crippen LogP contribution in [-0.4, -0.2) is 41.6 Å². The van der Waals surface area contributed by atoms with Gasteiger partial charge in [0.2, 0.25) is 10.0 Å². The predicted molar refractivity (Wildman–Crippen MR) is 97.7 cm³/mol. The van der Waals surface area contributed by atoms with Gasteiger partial charge in [-0.05, 0) is 42.0 Å². The van der Waals surface area contributed by atoms with Gasteiger partial charge in [-0.1, -0.05) is 12.1 Å². The van der Waals surface area contributed by atoms with Gasteiger partial charge in [0.15, 0.2) is 0 Å². The molecule has 0 radical (unpaired) electrons. The summed E-state index contributed by atoms with van der Waals surface area (Å²) >= 11 is 0. The van der Waals surface area contributed by atoms with Crippen molar-refractivity contribution < 1.29 is 22.7 Å². The van der Waals surface area contributed by atoms with Crippen LogP contribution in [0.3, 0.4) is 0 Å². The van der Waals surface area contributed by atoms with Gasteiger partial charge in [-0.2, -0.15) is 0 Å². The second-order valence-corrected chi connectivity index (χ2v) is 7.23. The van der Waals surface area contributed by atoms with Crippen LogP contribution in [0.1, 0.15) is 15.9 Å². The number of hydrogen-bond acceptors (Lipinski definition) is 5. The van der Waals surface area contributed by atoms with Crippen LogP contribution in [0.15, 0.2) is 53.4 Å². The van der Waals surface area contributed by atoms with Crippen molar-refractivity contribution in [1.82, 2.24) is 10.0 Å². The maximum absolute atomic E-state index is 12.2. The van der Waals surface area contributed by atoms with Crippen LogP contribution in [0.25, 0.3) is 0 Å². The number of sulfonamides is 1. The normalized spacial score (nSPS) is 11.2. The minimum atomic E-state index is -3.64. The quantitative estimate of drug-likeness (QED) is 0.646. The first-order valence-corrected chi connectivity index (χ1v) is 9.44. The number of hydrogen-bond donors (Lipinski definition) is 2. The lowest BCUT2D eigenvalue weighted by atomic mass is 10.1. The molecule has 0 aromatic heterocycles. The Morgan fingerprint density at radius 1 is 1.04 bits per heavy atom. The fourth-order valence-electron chi connectivity index (χ4n) is 2.27. The van der Waals surface area contributed by atoms with Crippen molar-refractivity contribution in [2.45, 2.75) is 11.5 Å². The predicted octanol–water partition coefficient (Wildman–Crippen LogP) is 1.55. The van der Waals surface area contributed by atoms with Crippen molar-refractivity contribution in [3.05, 3.63) is 59.7 Å². The molecule has 1 amide bonds. The minimum absolute atomic E-state index is 0.0812. The highest BCUT2D eigenvalue weighted by atomic mass is 32.2. The van der Waals surface area contributed by atoms with Crippen molar-refractivity contribution in [1.29, 1.82) is 0 Å². The molecule has 0 saturated heterocycles. The average Bonchev–Trinajstić information content (AvgIpc) is 2.65. The van der Waals surface area contributed by atoms with E-state index in [9.17, 15) is 13.2 Å². The minimum Gasteiger partial charge on any atom is -0.497 e. The molecule has 0 aliphatic carbocycles. The number of benzene rings is 2. The largest absolute Gasteiger partial charge is 0.497 e. The monoisotopic (exact) mass is 378 g/mol. The summed E-state index contributed by atoms with van der Waals surface area (Å²) in [5, 5.41) is 2.68. The van der Waals surface area contributed by atoms with Gasteiger partial charge in [0, 0.05) is 25.8 Å². The summed E-state index contributed by atoms with van der Waals surface area (Å²) in [6, 6.07) is 13.1. The van der Waals surface area contributed by atoms with Gasteiger partial charge in [0.05, 0.1) is 18.6 Å². The van der Waals surface area contributed by atoms with Gasteiger partial charge in [-0.15, -0.1) is 0 Å². The fourth-order valence-corrected chi connectivity index (χ4v) is 3.30. The smallest absolute Gasteiger partial charge is 0.251 e. The number of carbonyl (C=O) groups excluding carboxylic acids is 1. The van der Waals surface area contributed by atoms with Crippen LogP contribution in [-0.2, 0) is 21.4 Å². The first-order valence-electron chi connectivity index (χ1n) is 7.96. The number of nitrogens with one attached hydrogen (secondary N) is 2. The molecule has 0 unspecified atom stereocenters. The van der Waals surface area contributed by atoms with Gasteiger partial charge < -0.3 is 14.8 Å². The van der Waals surface area contributed by atoms with E-state index in [2.05, 4.69) is 10.0 Å². The molecule has 2 aromatic carbocycles. The number of ether oxygens (including phenoxy) is 2. The van der Waals surface area contributed by atoms with Gasteiger partial charge >= 0.3 is 0 Å². The zero-order chi connectivity index (χ0) is 19.0. The summed E-state index contributed by atoms with van der Waals surface area (Å²) in [6.45, 7) is 0.670. The Labute approximate surface area is 153 Å². The molecular weight excluding hydrogens is 356 g/mol. The second kappa shape index (κ2) is 9.33. The van der Waals surface area contributed by atoms with E-state index in [1.54, 1.807) is 37.4 Å². The van der Waals surface area contributed by atoms with Crippen molar-refractivity contribution >= 4 is 15.9 Å². The lowest BCUT2D eigenvalue weighted by molar-refractivity contribution is 0.0954. The van der Waals surface area contributed by atoms with Crippen LogP contribution in [0.5, 0.6) is 5.75 Å². The molecule has 0 bridgehead atoms. The van der Waals surface area contributed by atoms with Crippen molar-refractivity contribution in [2.75, 3.05) is 27.3 Å². The SMILES string of the molecule is COCc1cccc(C(=O)NCCNS(=O)(=O)c2ccc(OC)cc2)c1. The molecule has 0 atom stereocenters. The third kappa shape index (κ3) is 5.55. The molecular formula is C18H22N2O5S. The van der Waals surface area contributed by atoms with E-state index in [4.69, 9.17) is 9.47 Å². The Hall–Kier alpha value is -2.42. The third-order valence-electron chi connectivity index (χ3n) is 3.57. The van der Waals surface area contributed by atoms with E-state index < -0.39 is 10.0 Å². The summed E-state index contributed by atoms with van der Waals surface area (Å²) in [5.74, 6) is 0.304. The standard InChI is InChI=1S/C18H22N2O5S/c1-24-13-14-4-3-5-15(12-14)18(21)19-10-11-20-26(22,23)17-8-6-16(25-2)7-9-17/h3-9,12,20H,10-11,13H2,1-2H3,(H,19,21). The Kier molecular flexibility index (Phi) is 7.14. The third-order valence-corrected chi connectivity index (χ3v) is 5.05. The van der Waals surface area contributed by atoms with Crippen LogP contribution in [0, 0.1) is 0 Å².